The molecule has 4 aromatic carbocycles. The summed E-state index contributed by atoms with van der Waals surface area (Å²) in [5, 5.41) is 5.74. The van der Waals surface area contributed by atoms with Crippen LogP contribution in [0.3, 0.4) is 0 Å². The van der Waals surface area contributed by atoms with E-state index in [1.54, 1.807) is 36.4 Å². The van der Waals surface area contributed by atoms with Crippen molar-refractivity contribution in [3.63, 3.8) is 0 Å². The molecule has 0 spiro atoms. The SMILES string of the molecule is Cc1ccc(S(=O)(=O)Nc2ccc(C(=O)Nc3ccccc3C(=O)N[C@H](C)c3ccccc3)cc2)cc1. The Kier molecular flexibility index (Phi) is 7.69. The number of carbonyl (C=O) groups excluding carboxylic acids is 2. The lowest BCUT2D eigenvalue weighted by atomic mass is 10.1. The molecule has 0 aliphatic heterocycles. The zero-order valence-electron chi connectivity index (χ0n) is 20.4. The van der Waals surface area contributed by atoms with Gasteiger partial charge in [0.2, 0.25) is 0 Å². The van der Waals surface area contributed by atoms with Crippen LogP contribution in [0, 0.1) is 6.92 Å². The maximum atomic E-state index is 13.0. The minimum atomic E-state index is -3.75. The summed E-state index contributed by atoms with van der Waals surface area (Å²) in [4.78, 5) is 26.0. The third kappa shape index (κ3) is 6.42. The molecule has 0 radical (unpaired) electrons. The molecule has 0 bridgehead atoms. The minimum absolute atomic E-state index is 0.149. The lowest BCUT2D eigenvalue weighted by Gasteiger charge is -2.16. The van der Waals surface area contributed by atoms with E-state index in [0.29, 0.717) is 22.5 Å². The van der Waals surface area contributed by atoms with Crippen LogP contribution < -0.4 is 15.4 Å². The van der Waals surface area contributed by atoms with Gasteiger partial charge in [0, 0.05) is 11.3 Å². The van der Waals surface area contributed by atoms with Gasteiger partial charge in [0.25, 0.3) is 21.8 Å². The van der Waals surface area contributed by atoms with Gasteiger partial charge in [0.05, 0.1) is 22.2 Å². The lowest BCUT2D eigenvalue weighted by molar-refractivity contribution is 0.0940. The second-order valence-corrected chi connectivity index (χ2v) is 10.3. The molecule has 0 saturated heterocycles. The van der Waals surface area contributed by atoms with Crippen molar-refractivity contribution in [2.24, 2.45) is 0 Å². The molecule has 7 nitrogen and oxygen atoms in total. The van der Waals surface area contributed by atoms with E-state index in [-0.39, 0.29) is 16.8 Å². The summed E-state index contributed by atoms with van der Waals surface area (Å²) in [7, 11) is -3.75. The summed E-state index contributed by atoms with van der Waals surface area (Å²) in [6.07, 6.45) is 0. The van der Waals surface area contributed by atoms with Crippen molar-refractivity contribution >= 4 is 33.2 Å². The zero-order valence-corrected chi connectivity index (χ0v) is 21.3. The van der Waals surface area contributed by atoms with Crippen LogP contribution in [-0.2, 0) is 10.0 Å². The average molecular weight is 514 g/mol. The maximum absolute atomic E-state index is 13.0. The second-order valence-electron chi connectivity index (χ2n) is 8.60. The number of nitrogens with one attached hydrogen (secondary N) is 3. The van der Waals surface area contributed by atoms with Crippen molar-refractivity contribution in [3.05, 3.63) is 125 Å². The molecular weight excluding hydrogens is 486 g/mol. The molecule has 0 aromatic heterocycles. The number of aryl methyl sites for hydroxylation is 1. The van der Waals surface area contributed by atoms with Crippen LogP contribution in [-0.4, -0.2) is 20.2 Å². The summed E-state index contributed by atoms with van der Waals surface area (Å²) in [6, 6.07) is 28.7. The average Bonchev–Trinajstić information content (AvgIpc) is 2.90. The van der Waals surface area contributed by atoms with Gasteiger partial charge in [0.15, 0.2) is 0 Å². The van der Waals surface area contributed by atoms with Crippen LogP contribution >= 0.6 is 0 Å². The summed E-state index contributed by atoms with van der Waals surface area (Å²) >= 11 is 0. The fraction of sp³-hybridized carbons (Fsp3) is 0.103. The molecule has 0 unspecified atom stereocenters. The Morgan fingerprint density at radius 2 is 1.35 bits per heavy atom. The molecule has 0 heterocycles. The molecule has 1 atom stereocenters. The Hall–Kier alpha value is -4.43. The van der Waals surface area contributed by atoms with Crippen LogP contribution in [0.2, 0.25) is 0 Å². The normalized spacial score (nSPS) is 11.8. The van der Waals surface area contributed by atoms with Crippen molar-refractivity contribution in [1.82, 2.24) is 5.32 Å². The Bertz CT molecular complexity index is 1500. The Morgan fingerprint density at radius 1 is 0.730 bits per heavy atom. The van der Waals surface area contributed by atoms with Crippen LogP contribution in [0.25, 0.3) is 0 Å². The molecule has 0 saturated carbocycles. The van der Waals surface area contributed by atoms with Crippen LogP contribution in [0.5, 0.6) is 0 Å². The molecule has 37 heavy (non-hydrogen) atoms. The van der Waals surface area contributed by atoms with Gasteiger partial charge in [-0.2, -0.15) is 0 Å². The van der Waals surface area contributed by atoms with E-state index in [0.717, 1.165) is 11.1 Å². The molecule has 0 fully saturated rings. The monoisotopic (exact) mass is 513 g/mol. The highest BCUT2D eigenvalue weighted by Crippen LogP contribution is 2.21. The van der Waals surface area contributed by atoms with Crippen molar-refractivity contribution in [2.45, 2.75) is 24.8 Å². The summed E-state index contributed by atoms with van der Waals surface area (Å²) < 4.78 is 27.7. The second kappa shape index (κ2) is 11.1. The van der Waals surface area contributed by atoms with E-state index in [2.05, 4.69) is 15.4 Å². The zero-order chi connectivity index (χ0) is 26.4. The standard InChI is InChI=1S/C29H27N3O4S/c1-20-12-18-25(19-13-20)37(35,36)32-24-16-14-23(15-17-24)28(33)31-27-11-7-6-10-26(27)29(34)30-21(2)22-8-4-3-5-9-22/h3-19,21,32H,1-2H3,(H,30,34)(H,31,33)/t21-/m1/s1. The first-order valence-corrected chi connectivity index (χ1v) is 13.2. The van der Waals surface area contributed by atoms with E-state index in [9.17, 15) is 18.0 Å². The number of carbonyl (C=O) groups is 2. The van der Waals surface area contributed by atoms with E-state index in [4.69, 9.17) is 0 Å². The molecule has 4 rings (SSSR count). The third-order valence-electron chi connectivity index (χ3n) is 5.80. The van der Waals surface area contributed by atoms with Gasteiger partial charge in [0.1, 0.15) is 0 Å². The number of amides is 2. The molecule has 188 valence electrons. The number of sulfonamides is 1. The van der Waals surface area contributed by atoms with E-state index < -0.39 is 15.9 Å². The van der Waals surface area contributed by atoms with Gasteiger partial charge < -0.3 is 10.6 Å². The molecule has 8 heteroatoms. The van der Waals surface area contributed by atoms with Gasteiger partial charge in [-0.25, -0.2) is 8.42 Å². The lowest BCUT2D eigenvalue weighted by Crippen LogP contribution is -2.28. The van der Waals surface area contributed by atoms with Crippen molar-refractivity contribution in [1.29, 1.82) is 0 Å². The topological polar surface area (TPSA) is 104 Å². The fourth-order valence-electron chi connectivity index (χ4n) is 3.71. The van der Waals surface area contributed by atoms with E-state index in [1.807, 2.05) is 44.2 Å². The molecule has 0 aliphatic rings. The quantitative estimate of drug-likeness (QED) is 0.288. The number of benzene rings is 4. The molecular formula is C29H27N3O4S. The smallest absolute Gasteiger partial charge is 0.261 e. The first-order chi connectivity index (χ1) is 17.7. The summed E-state index contributed by atoms with van der Waals surface area (Å²) in [5.74, 6) is -0.739. The number of hydrogen-bond donors (Lipinski definition) is 3. The minimum Gasteiger partial charge on any atom is -0.345 e. The number of para-hydroxylation sites is 1. The van der Waals surface area contributed by atoms with Gasteiger partial charge >= 0.3 is 0 Å². The Morgan fingerprint density at radius 3 is 2.03 bits per heavy atom. The molecule has 0 aliphatic carbocycles. The van der Waals surface area contributed by atoms with Crippen LogP contribution in [0.4, 0.5) is 11.4 Å². The summed E-state index contributed by atoms with van der Waals surface area (Å²) in [6.45, 7) is 3.77. The number of anilines is 2. The Balaban J connectivity index is 1.44. The highest BCUT2D eigenvalue weighted by atomic mass is 32.2. The maximum Gasteiger partial charge on any atom is 0.261 e. The predicted octanol–water partition coefficient (Wildman–Crippen LogP) is 5.54. The van der Waals surface area contributed by atoms with E-state index >= 15 is 0 Å². The number of hydrogen-bond acceptors (Lipinski definition) is 4. The van der Waals surface area contributed by atoms with Crippen molar-refractivity contribution in [3.8, 4) is 0 Å². The third-order valence-corrected chi connectivity index (χ3v) is 7.19. The highest BCUT2D eigenvalue weighted by molar-refractivity contribution is 7.92. The van der Waals surface area contributed by atoms with Gasteiger partial charge in [-0.1, -0.05) is 60.2 Å². The molecule has 2 amide bonds. The van der Waals surface area contributed by atoms with Gasteiger partial charge in [-0.05, 0) is 67.9 Å². The highest BCUT2D eigenvalue weighted by Gasteiger charge is 2.17. The summed E-state index contributed by atoms with van der Waals surface area (Å²) in [5.41, 5.74) is 3.27. The van der Waals surface area contributed by atoms with Crippen molar-refractivity contribution in [2.75, 3.05) is 10.0 Å². The van der Waals surface area contributed by atoms with Gasteiger partial charge in [-0.3, -0.25) is 14.3 Å². The fourth-order valence-corrected chi connectivity index (χ4v) is 4.76. The van der Waals surface area contributed by atoms with Crippen molar-refractivity contribution < 1.29 is 18.0 Å². The van der Waals surface area contributed by atoms with Gasteiger partial charge in [-0.15, -0.1) is 0 Å². The van der Waals surface area contributed by atoms with Crippen LogP contribution in [0.1, 0.15) is 44.8 Å². The van der Waals surface area contributed by atoms with Crippen LogP contribution in [0.15, 0.2) is 108 Å². The largest absolute Gasteiger partial charge is 0.345 e. The Labute approximate surface area is 216 Å². The molecule has 3 N–H and O–H groups in total. The molecule has 4 aromatic rings. The van der Waals surface area contributed by atoms with E-state index in [1.165, 1.54) is 36.4 Å². The first kappa shape index (κ1) is 25.7. The first-order valence-electron chi connectivity index (χ1n) is 11.7. The predicted molar refractivity (Wildman–Crippen MR) is 145 cm³/mol. The number of rotatable bonds is 8.